The Morgan fingerprint density at radius 1 is 0.730 bits per heavy atom. The first-order valence-electron chi connectivity index (χ1n) is 11.7. The maximum atomic E-state index is 13.2. The van der Waals surface area contributed by atoms with E-state index in [2.05, 4.69) is 68.4 Å². The van der Waals surface area contributed by atoms with E-state index in [-0.39, 0.29) is 11.3 Å². The van der Waals surface area contributed by atoms with Crippen molar-refractivity contribution < 1.29 is 17.0 Å². The van der Waals surface area contributed by atoms with Gasteiger partial charge in [0, 0.05) is 11.5 Å². The zero-order valence-electron chi connectivity index (χ0n) is 20.6. The molecule has 7 heteroatoms. The molecule has 0 saturated heterocycles. The third kappa shape index (κ3) is 5.51. The van der Waals surface area contributed by atoms with E-state index in [1.165, 1.54) is 27.8 Å². The average molecular weight is 529 g/mol. The molecule has 0 atom stereocenters. The zero-order valence-corrected chi connectivity index (χ0v) is 22.3. The topological polar surface area (TPSA) is 73.6 Å². The van der Waals surface area contributed by atoms with Crippen LogP contribution in [-0.2, 0) is 10.1 Å². The molecular weight excluding hydrogens is 503 g/mol. The van der Waals surface area contributed by atoms with E-state index < -0.39 is 23.7 Å². The summed E-state index contributed by atoms with van der Waals surface area (Å²) in [5.74, 6) is 0.0913. The van der Waals surface area contributed by atoms with Crippen molar-refractivity contribution in [2.45, 2.75) is 13.8 Å². The van der Waals surface area contributed by atoms with Crippen LogP contribution in [-0.4, -0.2) is 14.7 Å². The van der Waals surface area contributed by atoms with Gasteiger partial charge in [0.2, 0.25) is 0 Å². The van der Waals surface area contributed by atoms with E-state index in [9.17, 15) is 13.2 Å². The molecule has 0 spiro atoms. The van der Waals surface area contributed by atoms with Gasteiger partial charge in [-0.15, -0.1) is 0 Å². The summed E-state index contributed by atoms with van der Waals surface area (Å²) in [6, 6.07) is 31.5. The highest BCUT2D eigenvalue weighted by atomic mass is 32.2. The molecule has 0 amide bonds. The highest BCUT2D eigenvalue weighted by Gasteiger charge is 2.22. The molecule has 5 aromatic rings. The van der Waals surface area contributed by atoms with Crippen LogP contribution < -0.4 is 25.7 Å². The summed E-state index contributed by atoms with van der Waals surface area (Å²) >= 11 is 0. The average Bonchev–Trinajstić information content (AvgIpc) is 2.85. The minimum atomic E-state index is -3.70. The quantitative estimate of drug-likeness (QED) is 0.173. The van der Waals surface area contributed by atoms with Crippen LogP contribution in [0.5, 0.6) is 5.75 Å². The fourth-order valence-electron chi connectivity index (χ4n) is 4.22. The monoisotopic (exact) mass is 528 g/mol. The maximum Gasteiger partial charge on any atom is 0.344 e. The maximum absolute atomic E-state index is 13.2. The zero-order chi connectivity index (χ0) is 26.2. The fourth-order valence-corrected chi connectivity index (χ4v) is 7.09. The predicted molar refractivity (Wildman–Crippen MR) is 152 cm³/mol. The predicted octanol–water partition coefficient (Wildman–Crippen LogP) is 5.17. The number of aryl methyl sites for hydroxylation is 2. The first-order chi connectivity index (χ1) is 17.7. The van der Waals surface area contributed by atoms with Crippen molar-refractivity contribution in [3.05, 3.63) is 119 Å². The van der Waals surface area contributed by atoms with Crippen molar-refractivity contribution in [3.63, 3.8) is 0 Å². The van der Waals surface area contributed by atoms with Crippen LogP contribution in [0.4, 0.5) is 0 Å². The second-order valence-electron chi connectivity index (χ2n) is 8.96. The van der Waals surface area contributed by atoms with Gasteiger partial charge in [0.25, 0.3) is 0 Å². The molecule has 5 rings (SSSR count). The molecule has 0 saturated carbocycles. The summed E-state index contributed by atoms with van der Waals surface area (Å²) in [4.78, 5) is 13.2. The molecule has 1 heterocycles. The summed E-state index contributed by atoms with van der Waals surface area (Å²) < 4.78 is 33.6. The second kappa shape index (κ2) is 9.97. The molecule has 0 radical (unpaired) electrons. The van der Waals surface area contributed by atoms with Gasteiger partial charge in [0.15, 0.2) is 0 Å². The summed E-state index contributed by atoms with van der Waals surface area (Å²) in [6.45, 7) is 4.14. The second-order valence-corrected chi connectivity index (χ2v) is 12.7. The minimum Gasteiger partial charge on any atom is -0.422 e. The van der Waals surface area contributed by atoms with E-state index >= 15 is 0 Å². The van der Waals surface area contributed by atoms with Crippen molar-refractivity contribution in [3.8, 4) is 16.9 Å². The molecule has 4 aromatic carbocycles. The van der Waals surface area contributed by atoms with Gasteiger partial charge in [-0.3, -0.25) is 0 Å². The van der Waals surface area contributed by atoms with Crippen molar-refractivity contribution in [1.29, 1.82) is 0 Å². The number of fused-ring (bicyclic) bond motifs is 1. The van der Waals surface area contributed by atoms with Gasteiger partial charge in [-0.05, 0) is 61.4 Å². The van der Waals surface area contributed by atoms with Crippen molar-refractivity contribution >= 4 is 44.9 Å². The molecule has 37 heavy (non-hydrogen) atoms. The molecule has 0 bridgehead atoms. The Hall–Kier alpha value is -3.73. The Kier molecular flexibility index (Phi) is 6.72. The van der Waals surface area contributed by atoms with Crippen molar-refractivity contribution in [1.82, 2.24) is 0 Å². The molecular formula is C30H25O5PS. The Morgan fingerprint density at radius 3 is 1.92 bits per heavy atom. The molecule has 0 N–H and O–H groups in total. The lowest BCUT2D eigenvalue weighted by molar-refractivity contribution is 0.492. The Balaban J connectivity index is 1.68. The van der Waals surface area contributed by atoms with E-state index in [0.29, 0.717) is 10.9 Å². The first-order valence-corrected chi connectivity index (χ1v) is 14.8. The Bertz CT molecular complexity index is 1710. The fraction of sp³-hybridized carbons (Fsp3) is 0.100. The SMILES string of the molecule is Cc1ccc(P(c2ccc(C)cc2)c2ccccc2-c2cc3ccc(OS(C)(=O)=O)cc3oc2=O)cc1. The van der Waals surface area contributed by atoms with Gasteiger partial charge in [-0.25, -0.2) is 4.79 Å². The number of rotatable bonds is 6. The van der Waals surface area contributed by atoms with E-state index in [4.69, 9.17) is 8.60 Å². The molecule has 5 nitrogen and oxygen atoms in total. The summed E-state index contributed by atoms with van der Waals surface area (Å²) in [7, 11) is -4.66. The summed E-state index contributed by atoms with van der Waals surface area (Å²) in [6.07, 6.45) is 0.966. The van der Waals surface area contributed by atoms with Gasteiger partial charge < -0.3 is 8.60 Å². The van der Waals surface area contributed by atoms with Gasteiger partial charge in [0.1, 0.15) is 11.3 Å². The standard InChI is InChI=1S/C30H25O5PS/c1-20-8-14-24(15-9-20)36(25-16-10-21(2)11-17-25)29-7-5-4-6-26(29)27-18-22-12-13-23(35-37(3,32)33)19-28(22)34-30(27)31/h4-19H,1-3H3. The van der Waals surface area contributed by atoms with E-state index in [0.717, 1.165) is 17.1 Å². The van der Waals surface area contributed by atoms with Crippen molar-refractivity contribution in [2.24, 2.45) is 0 Å². The smallest absolute Gasteiger partial charge is 0.344 e. The van der Waals surface area contributed by atoms with Crippen molar-refractivity contribution in [2.75, 3.05) is 6.26 Å². The molecule has 0 aliphatic rings. The van der Waals surface area contributed by atoms with Crippen LogP contribution in [0.2, 0.25) is 0 Å². The van der Waals surface area contributed by atoms with Gasteiger partial charge >= 0.3 is 15.7 Å². The van der Waals surface area contributed by atoms with Crippen LogP contribution in [0, 0.1) is 13.8 Å². The van der Waals surface area contributed by atoms with Crippen LogP contribution in [0.1, 0.15) is 11.1 Å². The summed E-state index contributed by atoms with van der Waals surface area (Å²) in [5, 5.41) is 4.09. The number of benzene rings is 4. The Labute approximate surface area is 217 Å². The summed E-state index contributed by atoms with van der Waals surface area (Å²) in [5.41, 5.74) is 3.38. The largest absolute Gasteiger partial charge is 0.422 e. The first kappa shape index (κ1) is 24.9. The molecule has 0 aliphatic carbocycles. The lowest BCUT2D eigenvalue weighted by atomic mass is 10.1. The van der Waals surface area contributed by atoms with Crippen LogP contribution in [0.25, 0.3) is 22.1 Å². The molecule has 0 fully saturated rings. The van der Waals surface area contributed by atoms with Crippen LogP contribution >= 0.6 is 7.92 Å². The normalized spacial score (nSPS) is 11.7. The Morgan fingerprint density at radius 2 is 1.32 bits per heavy atom. The third-order valence-corrected chi connectivity index (χ3v) is 8.97. The van der Waals surface area contributed by atoms with E-state index in [1.807, 2.05) is 18.2 Å². The lowest BCUT2D eigenvalue weighted by Crippen LogP contribution is -2.23. The van der Waals surface area contributed by atoms with Gasteiger partial charge in [-0.1, -0.05) is 83.9 Å². The highest BCUT2D eigenvalue weighted by Crippen LogP contribution is 2.37. The molecule has 186 valence electrons. The molecule has 1 aromatic heterocycles. The number of hydrogen-bond donors (Lipinski definition) is 0. The van der Waals surface area contributed by atoms with Gasteiger partial charge in [0.05, 0.1) is 11.8 Å². The van der Waals surface area contributed by atoms with Crippen LogP contribution in [0.15, 0.2) is 106 Å². The van der Waals surface area contributed by atoms with Crippen LogP contribution in [0.3, 0.4) is 0 Å². The molecule has 0 unspecified atom stereocenters. The number of hydrogen-bond acceptors (Lipinski definition) is 5. The lowest BCUT2D eigenvalue weighted by Gasteiger charge is -2.22. The highest BCUT2D eigenvalue weighted by molar-refractivity contribution is 7.86. The third-order valence-electron chi connectivity index (χ3n) is 5.97. The van der Waals surface area contributed by atoms with Gasteiger partial charge in [-0.2, -0.15) is 8.42 Å². The minimum absolute atomic E-state index is 0.0913. The van der Waals surface area contributed by atoms with E-state index in [1.54, 1.807) is 18.2 Å². The molecule has 0 aliphatic heterocycles.